The first-order valence-electron chi connectivity index (χ1n) is 12.8. The van der Waals surface area contributed by atoms with Crippen molar-refractivity contribution >= 4 is 5.78 Å². The third kappa shape index (κ3) is 3.41. The Morgan fingerprint density at radius 2 is 1.57 bits per heavy atom. The van der Waals surface area contributed by atoms with Crippen LogP contribution in [0.3, 0.4) is 0 Å². The Morgan fingerprint density at radius 1 is 0.821 bits per heavy atom. The van der Waals surface area contributed by atoms with Gasteiger partial charge in [-0.2, -0.15) is 0 Å². The Hall–Kier alpha value is -0.330. The molecule has 1 heteroatoms. The Labute approximate surface area is 174 Å². The summed E-state index contributed by atoms with van der Waals surface area (Å²) < 4.78 is 0. The molecule has 4 saturated carbocycles. The van der Waals surface area contributed by atoms with E-state index in [4.69, 9.17) is 0 Å². The fourth-order valence-electron chi connectivity index (χ4n) is 9.31. The van der Waals surface area contributed by atoms with E-state index in [0.29, 0.717) is 28.4 Å². The first kappa shape index (κ1) is 20.9. The van der Waals surface area contributed by atoms with Gasteiger partial charge >= 0.3 is 0 Å². The lowest BCUT2D eigenvalue weighted by Gasteiger charge is -2.61. The van der Waals surface area contributed by atoms with Crippen LogP contribution in [0.25, 0.3) is 0 Å². The highest BCUT2D eigenvalue weighted by atomic mass is 16.1. The number of Topliss-reactive ketones (excluding diaryl/α,β-unsaturated/α-hetero) is 1. The van der Waals surface area contributed by atoms with E-state index in [0.717, 1.165) is 42.4 Å². The van der Waals surface area contributed by atoms with Crippen LogP contribution in [-0.4, -0.2) is 5.78 Å². The second-order valence-corrected chi connectivity index (χ2v) is 12.4. The minimum absolute atomic E-state index is 0.508. The van der Waals surface area contributed by atoms with Gasteiger partial charge in [-0.05, 0) is 104 Å². The normalized spacial score (nSPS) is 46.6. The van der Waals surface area contributed by atoms with Crippen LogP contribution < -0.4 is 0 Å². The zero-order valence-electron chi connectivity index (χ0n) is 19.4. The summed E-state index contributed by atoms with van der Waals surface area (Å²) in [4.78, 5) is 12.5. The van der Waals surface area contributed by atoms with Crippen LogP contribution in [0.5, 0.6) is 0 Å². The molecule has 28 heavy (non-hydrogen) atoms. The molecule has 4 fully saturated rings. The third-order valence-corrected chi connectivity index (χ3v) is 10.5. The number of hydrogen-bond donors (Lipinski definition) is 0. The summed E-state index contributed by atoms with van der Waals surface area (Å²) in [6.45, 7) is 12.1. The number of carbonyl (C=O) groups is 1. The SMILES string of the molecule is CC(C)CC(=O)C[C@@H](C)[C@H]1CC[C@H]2[C@@H]3CCC4CCCC[C@]4(C)[C@H]3CC[C@]12C. The van der Waals surface area contributed by atoms with Gasteiger partial charge in [0.15, 0.2) is 0 Å². The fourth-order valence-corrected chi connectivity index (χ4v) is 9.31. The van der Waals surface area contributed by atoms with Crippen molar-refractivity contribution in [1.82, 2.24) is 0 Å². The van der Waals surface area contributed by atoms with Crippen molar-refractivity contribution in [3.63, 3.8) is 0 Å². The molecule has 4 aliphatic rings. The van der Waals surface area contributed by atoms with E-state index in [1.165, 1.54) is 64.2 Å². The highest BCUT2D eigenvalue weighted by Gasteiger charge is 2.60. The molecular weight excluding hydrogens is 340 g/mol. The molecule has 1 unspecified atom stereocenters. The minimum Gasteiger partial charge on any atom is -0.300 e. The molecule has 0 radical (unpaired) electrons. The van der Waals surface area contributed by atoms with Gasteiger partial charge < -0.3 is 0 Å². The van der Waals surface area contributed by atoms with Gasteiger partial charge in [-0.15, -0.1) is 0 Å². The van der Waals surface area contributed by atoms with Crippen molar-refractivity contribution in [2.24, 2.45) is 52.3 Å². The molecule has 0 saturated heterocycles. The van der Waals surface area contributed by atoms with Crippen molar-refractivity contribution in [2.75, 3.05) is 0 Å². The van der Waals surface area contributed by atoms with E-state index in [1.807, 2.05) is 0 Å². The molecule has 0 spiro atoms. The molecule has 0 aliphatic heterocycles. The van der Waals surface area contributed by atoms with E-state index >= 15 is 0 Å². The van der Waals surface area contributed by atoms with E-state index in [-0.39, 0.29) is 0 Å². The number of ketones is 1. The van der Waals surface area contributed by atoms with Gasteiger partial charge in [-0.3, -0.25) is 4.79 Å². The number of fused-ring (bicyclic) bond motifs is 5. The van der Waals surface area contributed by atoms with Crippen LogP contribution in [0.4, 0.5) is 0 Å². The Kier molecular flexibility index (Phi) is 5.78. The Bertz CT molecular complexity index is 579. The average molecular weight is 387 g/mol. The molecule has 0 aromatic heterocycles. The molecule has 0 N–H and O–H groups in total. The lowest BCUT2D eigenvalue weighted by atomic mass is 9.44. The first-order chi connectivity index (χ1) is 13.3. The van der Waals surface area contributed by atoms with Gasteiger partial charge in [0, 0.05) is 12.8 Å². The lowest BCUT2D eigenvalue weighted by molar-refractivity contribution is -0.124. The van der Waals surface area contributed by atoms with Gasteiger partial charge in [-0.1, -0.05) is 47.5 Å². The summed E-state index contributed by atoms with van der Waals surface area (Å²) in [7, 11) is 0. The quantitative estimate of drug-likeness (QED) is 0.473. The molecule has 4 aliphatic carbocycles. The standard InChI is InChI=1S/C27H46O/c1-18(2)16-21(28)17-19(3)23-11-12-24-22-10-9-20-8-6-7-14-26(20,4)25(22)13-15-27(23,24)5/h18-20,22-25H,6-17H2,1-5H3/t19-,20?,22+,23-,24+,25+,26+,27-/m1/s1. The van der Waals surface area contributed by atoms with Gasteiger partial charge in [-0.25, -0.2) is 0 Å². The Morgan fingerprint density at radius 3 is 2.32 bits per heavy atom. The zero-order chi connectivity index (χ0) is 20.1. The average Bonchev–Trinajstić information content (AvgIpc) is 2.97. The molecule has 0 amide bonds. The predicted molar refractivity (Wildman–Crippen MR) is 118 cm³/mol. The maximum Gasteiger partial charge on any atom is 0.133 e. The maximum absolute atomic E-state index is 12.5. The second kappa shape index (κ2) is 7.73. The third-order valence-electron chi connectivity index (χ3n) is 10.5. The van der Waals surface area contributed by atoms with Crippen molar-refractivity contribution in [2.45, 2.75) is 112 Å². The van der Waals surface area contributed by atoms with Gasteiger partial charge in [0.1, 0.15) is 5.78 Å². The molecular formula is C27H46O. The van der Waals surface area contributed by atoms with Crippen LogP contribution in [-0.2, 0) is 4.79 Å². The molecule has 4 rings (SSSR count). The predicted octanol–water partition coefficient (Wildman–Crippen LogP) is 7.68. The van der Waals surface area contributed by atoms with E-state index < -0.39 is 0 Å². The van der Waals surface area contributed by atoms with Crippen LogP contribution in [0.2, 0.25) is 0 Å². The molecule has 0 bridgehead atoms. The van der Waals surface area contributed by atoms with Crippen molar-refractivity contribution in [1.29, 1.82) is 0 Å². The van der Waals surface area contributed by atoms with Gasteiger partial charge in [0.2, 0.25) is 0 Å². The fraction of sp³-hybridized carbons (Fsp3) is 0.963. The largest absolute Gasteiger partial charge is 0.300 e. The molecule has 160 valence electrons. The second-order valence-electron chi connectivity index (χ2n) is 12.4. The summed E-state index contributed by atoms with van der Waals surface area (Å²) in [5, 5.41) is 0. The first-order valence-corrected chi connectivity index (χ1v) is 12.8. The molecule has 0 aromatic carbocycles. The van der Waals surface area contributed by atoms with Crippen LogP contribution >= 0.6 is 0 Å². The summed E-state index contributed by atoms with van der Waals surface area (Å²) in [6.07, 6.45) is 16.4. The lowest BCUT2D eigenvalue weighted by Crippen LogP contribution is -2.53. The van der Waals surface area contributed by atoms with Gasteiger partial charge in [0.25, 0.3) is 0 Å². The van der Waals surface area contributed by atoms with Crippen LogP contribution in [0.1, 0.15) is 112 Å². The number of carbonyl (C=O) groups excluding carboxylic acids is 1. The van der Waals surface area contributed by atoms with E-state index in [1.54, 1.807) is 0 Å². The summed E-state index contributed by atoms with van der Waals surface area (Å²) in [5.74, 6) is 6.34. The van der Waals surface area contributed by atoms with E-state index in [9.17, 15) is 4.79 Å². The van der Waals surface area contributed by atoms with Crippen molar-refractivity contribution < 1.29 is 4.79 Å². The molecule has 0 aromatic rings. The maximum atomic E-state index is 12.5. The van der Waals surface area contributed by atoms with Gasteiger partial charge in [0.05, 0.1) is 0 Å². The topological polar surface area (TPSA) is 17.1 Å². The summed E-state index contributed by atoms with van der Waals surface area (Å²) in [5.41, 5.74) is 1.16. The molecule has 0 heterocycles. The highest BCUT2D eigenvalue weighted by molar-refractivity contribution is 5.78. The summed E-state index contributed by atoms with van der Waals surface area (Å²) in [6, 6.07) is 0. The zero-order valence-corrected chi connectivity index (χ0v) is 19.4. The molecule has 8 atom stereocenters. The van der Waals surface area contributed by atoms with Crippen LogP contribution in [0, 0.1) is 52.3 Å². The highest BCUT2D eigenvalue weighted by Crippen LogP contribution is 2.68. The van der Waals surface area contributed by atoms with Crippen molar-refractivity contribution in [3.05, 3.63) is 0 Å². The Balaban J connectivity index is 1.48. The number of rotatable bonds is 5. The van der Waals surface area contributed by atoms with Crippen molar-refractivity contribution in [3.8, 4) is 0 Å². The van der Waals surface area contributed by atoms with E-state index in [2.05, 4.69) is 34.6 Å². The monoisotopic (exact) mass is 386 g/mol. The summed E-state index contributed by atoms with van der Waals surface area (Å²) >= 11 is 0. The van der Waals surface area contributed by atoms with Crippen LogP contribution in [0.15, 0.2) is 0 Å². The minimum atomic E-state index is 0.508. The smallest absolute Gasteiger partial charge is 0.133 e. The molecule has 1 nitrogen and oxygen atoms in total. The number of hydrogen-bond acceptors (Lipinski definition) is 1.